The van der Waals surface area contributed by atoms with Crippen molar-refractivity contribution >= 4 is 21.8 Å². The summed E-state index contributed by atoms with van der Waals surface area (Å²) in [6.07, 6.45) is 1.16. The maximum Gasteiger partial charge on any atom is 0.254 e. The van der Waals surface area contributed by atoms with Crippen LogP contribution in [-0.2, 0) is 14.8 Å². The number of ether oxygens (including phenoxy) is 1. The monoisotopic (exact) mass is 369 g/mol. The first kappa shape index (κ1) is 19.2. The molecule has 1 aromatic rings. The van der Waals surface area contributed by atoms with Gasteiger partial charge in [-0.05, 0) is 18.2 Å². The Morgan fingerprint density at radius 3 is 2.40 bits per heavy atom. The number of carbonyl (C=O) groups is 2. The zero-order valence-corrected chi connectivity index (χ0v) is 15.2. The molecule has 0 atom stereocenters. The van der Waals surface area contributed by atoms with Gasteiger partial charge in [0.1, 0.15) is 5.75 Å². The van der Waals surface area contributed by atoms with Crippen LogP contribution in [-0.4, -0.2) is 76.1 Å². The fourth-order valence-electron chi connectivity index (χ4n) is 2.60. The third-order valence-corrected chi connectivity index (χ3v) is 4.67. The molecule has 0 aliphatic carbocycles. The molecule has 9 heteroatoms. The van der Waals surface area contributed by atoms with E-state index in [-0.39, 0.29) is 24.8 Å². The van der Waals surface area contributed by atoms with Crippen LogP contribution in [0.25, 0.3) is 0 Å². The Morgan fingerprint density at radius 2 is 1.80 bits per heavy atom. The van der Waals surface area contributed by atoms with Crippen LogP contribution in [0.4, 0.5) is 0 Å². The molecule has 2 amide bonds. The summed E-state index contributed by atoms with van der Waals surface area (Å²) in [6.45, 7) is 1.85. The summed E-state index contributed by atoms with van der Waals surface area (Å²) in [4.78, 5) is 28.0. The first-order chi connectivity index (χ1) is 11.8. The number of piperazine rings is 1. The van der Waals surface area contributed by atoms with Crippen LogP contribution in [0.2, 0.25) is 0 Å². The molecule has 1 N–H and O–H groups in total. The summed E-state index contributed by atoms with van der Waals surface area (Å²) in [7, 11) is -1.74. The minimum absolute atomic E-state index is 0.0839. The van der Waals surface area contributed by atoms with E-state index in [0.717, 1.165) is 6.26 Å². The van der Waals surface area contributed by atoms with Crippen molar-refractivity contribution in [1.82, 2.24) is 14.5 Å². The lowest BCUT2D eigenvalue weighted by Gasteiger charge is -2.35. The second-order valence-electron chi connectivity index (χ2n) is 5.82. The van der Waals surface area contributed by atoms with Crippen LogP contribution in [0.1, 0.15) is 16.8 Å². The molecule has 1 aliphatic rings. The van der Waals surface area contributed by atoms with Gasteiger partial charge in [0.15, 0.2) is 0 Å². The third kappa shape index (κ3) is 5.71. The number of rotatable bonds is 6. The van der Waals surface area contributed by atoms with E-state index in [4.69, 9.17) is 4.74 Å². The van der Waals surface area contributed by atoms with Crippen LogP contribution in [0.15, 0.2) is 24.3 Å². The predicted octanol–water partition coefficient (Wildman–Crippen LogP) is -0.0811. The molecule has 138 valence electrons. The maximum absolute atomic E-state index is 12.5. The van der Waals surface area contributed by atoms with E-state index in [1.165, 1.54) is 0 Å². The summed E-state index contributed by atoms with van der Waals surface area (Å²) < 4.78 is 29.4. The zero-order chi connectivity index (χ0) is 18.4. The van der Waals surface area contributed by atoms with E-state index in [0.29, 0.717) is 37.5 Å². The maximum atomic E-state index is 12.5. The van der Waals surface area contributed by atoms with Crippen molar-refractivity contribution in [3.05, 3.63) is 29.8 Å². The third-order valence-electron chi connectivity index (χ3n) is 3.94. The number of hydrogen-bond donors (Lipinski definition) is 1. The molecule has 1 aromatic carbocycles. The van der Waals surface area contributed by atoms with Crippen LogP contribution >= 0.6 is 0 Å². The van der Waals surface area contributed by atoms with Crippen molar-refractivity contribution in [3.63, 3.8) is 0 Å². The summed E-state index contributed by atoms with van der Waals surface area (Å²) in [5.74, 6) is 0.410. The molecular formula is C16H23N3O5S. The van der Waals surface area contributed by atoms with E-state index in [9.17, 15) is 18.0 Å². The van der Waals surface area contributed by atoms with Crippen molar-refractivity contribution < 1.29 is 22.7 Å². The van der Waals surface area contributed by atoms with Gasteiger partial charge >= 0.3 is 0 Å². The summed E-state index contributed by atoms with van der Waals surface area (Å²) in [6, 6.07) is 6.97. The topological polar surface area (TPSA) is 96.0 Å². The minimum atomic E-state index is -3.29. The highest BCUT2D eigenvalue weighted by Crippen LogP contribution is 2.15. The van der Waals surface area contributed by atoms with Crippen LogP contribution in [0.3, 0.4) is 0 Å². The summed E-state index contributed by atoms with van der Waals surface area (Å²) in [5, 5.41) is 0. The predicted molar refractivity (Wildman–Crippen MR) is 92.9 cm³/mol. The molecule has 1 heterocycles. The molecule has 8 nitrogen and oxygen atoms in total. The van der Waals surface area contributed by atoms with Crippen molar-refractivity contribution in [2.24, 2.45) is 0 Å². The largest absolute Gasteiger partial charge is 0.497 e. The average molecular weight is 369 g/mol. The fourth-order valence-corrected chi connectivity index (χ4v) is 3.07. The lowest BCUT2D eigenvalue weighted by atomic mass is 10.1. The number of methoxy groups -OCH3 is 1. The molecule has 2 rings (SSSR count). The van der Waals surface area contributed by atoms with Gasteiger partial charge in [0.05, 0.1) is 13.4 Å². The first-order valence-corrected chi connectivity index (χ1v) is 9.85. The highest BCUT2D eigenvalue weighted by Gasteiger charge is 2.24. The SMILES string of the molecule is COc1cccc(C(=O)N2CCN(C(=O)CCNS(C)(=O)=O)CC2)c1. The lowest BCUT2D eigenvalue weighted by Crippen LogP contribution is -2.51. The quantitative estimate of drug-likeness (QED) is 0.757. The van der Waals surface area contributed by atoms with Crippen molar-refractivity contribution in [3.8, 4) is 5.75 Å². The normalized spacial score (nSPS) is 15.1. The van der Waals surface area contributed by atoms with Crippen LogP contribution in [0, 0.1) is 0 Å². The van der Waals surface area contributed by atoms with Crippen LogP contribution in [0.5, 0.6) is 5.75 Å². The number of amides is 2. The van der Waals surface area contributed by atoms with E-state index in [2.05, 4.69) is 4.72 Å². The Hall–Kier alpha value is -2.13. The molecule has 1 saturated heterocycles. The number of benzene rings is 1. The van der Waals surface area contributed by atoms with Gasteiger partial charge in [0.2, 0.25) is 15.9 Å². The van der Waals surface area contributed by atoms with Gasteiger partial charge in [-0.1, -0.05) is 6.07 Å². The van der Waals surface area contributed by atoms with Gasteiger partial charge in [-0.3, -0.25) is 9.59 Å². The Labute approximate surface area is 147 Å². The van der Waals surface area contributed by atoms with Crippen molar-refractivity contribution in [1.29, 1.82) is 0 Å². The molecule has 1 aliphatic heterocycles. The van der Waals surface area contributed by atoms with E-state index >= 15 is 0 Å². The second-order valence-corrected chi connectivity index (χ2v) is 7.65. The summed E-state index contributed by atoms with van der Waals surface area (Å²) in [5.41, 5.74) is 0.552. The number of carbonyl (C=O) groups excluding carboxylic acids is 2. The Balaban J connectivity index is 1.84. The molecule has 0 saturated carbocycles. The Bertz CT molecular complexity index is 727. The highest BCUT2D eigenvalue weighted by atomic mass is 32.2. The molecule has 0 radical (unpaired) electrons. The van der Waals surface area contributed by atoms with Crippen molar-refractivity contribution in [2.45, 2.75) is 6.42 Å². The smallest absolute Gasteiger partial charge is 0.254 e. The molecule has 25 heavy (non-hydrogen) atoms. The van der Waals surface area contributed by atoms with Gasteiger partial charge in [-0.25, -0.2) is 13.1 Å². The van der Waals surface area contributed by atoms with Crippen LogP contribution < -0.4 is 9.46 Å². The first-order valence-electron chi connectivity index (χ1n) is 7.96. The minimum Gasteiger partial charge on any atom is -0.497 e. The van der Waals surface area contributed by atoms with Gasteiger partial charge in [-0.15, -0.1) is 0 Å². The molecule has 0 aromatic heterocycles. The van der Waals surface area contributed by atoms with E-state index in [1.807, 2.05) is 0 Å². The zero-order valence-electron chi connectivity index (χ0n) is 14.4. The Morgan fingerprint density at radius 1 is 1.16 bits per heavy atom. The molecular weight excluding hydrogens is 346 g/mol. The van der Waals surface area contributed by atoms with E-state index in [1.54, 1.807) is 41.2 Å². The van der Waals surface area contributed by atoms with E-state index < -0.39 is 10.0 Å². The second kappa shape index (κ2) is 8.30. The lowest BCUT2D eigenvalue weighted by molar-refractivity contribution is -0.132. The van der Waals surface area contributed by atoms with Gasteiger partial charge in [-0.2, -0.15) is 0 Å². The van der Waals surface area contributed by atoms with Gasteiger partial charge in [0.25, 0.3) is 5.91 Å². The highest BCUT2D eigenvalue weighted by molar-refractivity contribution is 7.88. The van der Waals surface area contributed by atoms with Gasteiger partial charge < -0.3 is 14.5 Å². The number of sulfonamides is 1. The Kier molecular flexibility index (Phi) is 6.38. The molecule has 0 unspecified atom stereocenters. The van der Waals surface area contributed by atoms with Crippen molar-refractivity contribution in [2.75, 3.05) is 46.1 Å². The molecule has 0 spiro atoms. The summed E-state index contributed by atoms with van der Waals surface area (Å²) >= 11 is 0. The molecule has 0 bridgehead atoms. The number of nitrogens with zero attached hydrogens (tertiary/aromatic N) is 2. The number of nitrogens with one attached hydrogen (secondary N) is 1. The average Bonchev–Trinajstić information content (AvgIpc) is 2.60. The standard InChI is InChI=1S/C16H23N3O5S/c1-24-14-5-3-4-13(12-14)16(21)19-10-8-18(9-11-19)15(20)6-7-17-25(2,22)23/h3-5,12,17H,6-11H2,1-2H3. The fraction of sp³-hybridized carbons (Fsp3) is 0.500. The molecule has 1 fully saturated rings. The number of hydrogen-bond acceptors (Lipinski definition) is 5. The van der Waals surface area contributed by atoms with Gasteiger partial charge in [0, 0.05) is 44.7 Å².